The second-order valence-corrected chi connectivity index (χ2v) is 6.61. The molecule has 0 aliphatic heterocycles. The molecule has 0 aromatic heterocycles. The van der Waals surface area contributed by atoms with E-state index in [9.17, 15) is 20.2 Å². The van der Waals surface area contributed by atoms with Crippen LogP contribution in [0.4, 0.5) is 17.1 Å². The van der Waals surface area contributed by atoms with Crippen LogP contribution in [0.3, 0.4) is 0 Å². The van der Waals surface area contributed by atoms with E-state index in [-0.39, 0.29) is 22.7 Å². The molecule has 2 aromatic rings. The molecule has 2 rings (SSSR count). The number of anilines is 2. The number of methoxy groups -OCH3 is 1. The second-order valence-electron chi connectivity index (χ2n) is 5.37. The number of amides is 1. The highest BCUT2D eigenvalue weighted by molar-refractivity contribution is 14.1. The number of rotatable bonds is 6. The fraction of sp³-hybridized carbons (Fsp3) is 0.111. The first-order valence-electron chi connectivity index (χ1n) is 7.62. The van der Waals surface area contributed by atoms with Crippen LogP contribution < -0.4 is 15.4 Å². The first-order valence-corrected chi connectivity index (χ1v) is 8.70. The number of nitro groups is 1. The molecule has 27 heavy (non-hydrogen) atoms. The Bertz CT molecular complexity index is 966. The van der Waals surface area contributed by atoms with E-state index < -0.39 is 10.8 Å². The molecule has 0 unspecified atom stereocenters. The van der Waals surface area contributed by atoms with Crippen molar-refractivity contribution in [2.24, 2.45) is 0 Å². The molecule has 0 aliphatic rings. The monoisotopic (exact) mass is 478 g/mol. The van der Waals surface area contributed by atoms with E-state index in [1.54, 1.807) is 0 Å². The molecule has 2 N–H and O–H groups in total. The molecule has 0 spiro atoms. The summed E-state index contributed by atoms with van der Waals surface area (Å²) < 4.78 is 6.14. The zero-order valence-corrected chi connectivity index (χ0v) is 16.6. The maximum Gasteiger partial charge on any atom is 0.273 e. The number of benzene rings is 2. The first kappa shape index (κ1) is 20.2. The predicted molar refractivity (Wildman–Crippen MR) is 109 cm³/mol. The fourth-order valence-electron chi connectivity index (χ4n) is 2.17. The van der Waals surface area contributed by atoms with Crippen molar-refractivity contribution in [1.82, 2.24) is 0 Å². The van der Waals surface area contributed by atoms with Gasteiger partial charge >= 0.3 is 0 Å². The highest BCUT2D eigenvalue weighted by Crippen LogP contribution is 2.29. The number of ether oxygens (including phenoxy) is 1. The van der Waals surface area contributed by atoms with Gasteiger partial charge in [0.15, 0.2) is 0 Å². The lowest BCUT2D eigenvalue weighted by Crippen LogP contribution is -2.15. The normalized spacial score (nSPS) is 10.7. The maximum absolute atomic E-state index is 12.4. The van der Waals surface area contributed by atoms with E-state index in [1.165, 1.54) is 31.5 Å². The average Bonchev–Trinajstić information content (AvgIpc) is 2.63. The Morgan fingerprint density at radius 2 is 2.00 bits per heavy atom. The summed E-state index contributed by atoms with van der Waals surface area (Å²) in [5, 5.41) is 25.6. The van der Waals surface area contributed by atoms with Crippen LogP contribution in [0, 0.1) is 31.9 Å². The van der Waals surface area contributed by atoms with Crippen LogP contribution in [0.2, 0.25) is 0 Å². The summed E-state index contributed by atoms with van der Waals surface area (Å²) in [6, 6.07) is 11.3. The van der Waals surface area contributed by atoms with Crippen LogP contribution >= 0.6 is 22.6 Å². The lowest BCUT2D eigenvalue weighted by Gasteiger charge is -2.10. The van der Waals surface area contributed by atoms with Gasteiger partial charge in [0.25, 0.3) is 11.6 Å². The van der Waals surface area contributed by atoms with Gasteiger partial charge in [-0.2, -0.15) is 5.26 Å². The van der Waals surface area contributed by atoms with Gasteiger partial charge in [-0.25, -0.2) is 0 Å². The minimum absolute atomic E-state index is 0.122. The summed E-state index contributed by atoms with van der Waals surface area (Å²) >= 11 is 2.19. The number of nitro benzene ring substituents is 1. The summed E-state index contributed by atoms with van der Waals surface area (Å²) in [6.07, 6.45) is 1.31. The Morgan fingerprint density at radius 3 is 2.59 bits per heavy atom. The van der Waals surface area contributed by atoms with Gasteiger partial charge in [-0.1, -0.05) is 0 Å². The Kier molecular flexibility index (Phi) is 6.73. The van der Waals surface area contributed by atoms with Gasteiger partial charge in [-0.05, 0) is 59.3 Å². The van der Waals surface area contributed by atoms with Crippen molar-refractivity contribution in [3.05, 3.63) is 67.4 Å². The largest absolute Gasteiger partial charge is 0.494 e. The molecule has 0 bridgehead atoms. The second kappa shape index (κ2) is 9.00. The Balaban J connectivity index is 2.20. The van der Waals surface area contributed by atoms with Gasteiger partial charge < -0.3 is 15.4 Å². The van der Waals surface area contributed by atoms with Crippen molar-refractivity contribution in [3.8, 4) is 11.8 Å². The lowest BCUT2D eigenvalue weighted by molar-refractivity contribution is -0.384. The minimum atomic E-state index is -0.666. The lowest BCUT2D eigenvalue weighted by atomic mass is 10.2. The number of hydrogen-bond donors (Lipinski definition) is 2. The summed E-state index contributed by atoms with van der Waals surface area (Å²) in [7, 11) is 1.33. The van der Waals surface area contributed by atoms with Crippen molar-refractivity contribution in [1.29, 1.82) is 5.26 Å². The minimum Gasteiger partial charge on any atom is -0.494 e. The molecule has 0 fully saturated rings. The first-order chi connectivity index (χ1) is 12.8. The smallest absolute Gasteiger partial charge is 0.273 e. The molecular formula is C18H15IN4O4. The van der Waals surface area contributed by atoms with E-state index in [0.29, 0.717) is 0 Å². The van der Waals surface area contributed by atoms with Gasteiger partial charge in [0.05, 0.1) is 23.8 Å². The summed E-state index contributed by atoms with van der Waals surface area (Å²) in [6.45, 7) is 1.91. The van der Waals surface area contributed by atoms with E-state index in [2.05, 4.69) is 33.2 Å². The van der Waals surface area contributed by atoms with Crippen LogP contribution in [0.15, 0.2) is 48.2 Å². The van der Waals surface area contributed by atoms with Crippen LogP contribution in [0.25, 0.3) is 0 Å². The number of nitriles is 1. The third-order valence-corrected chi connectivity index (χ3v) is 4.24. The average molecular weight is 478 g/mol. The van der Waals surface area contributed by atoms with Crippen molar-refractivity contribution in [2.45, 2.75) is 6.92 Å². The van der Waals surface area contributed by atoms with Gasteiger partial charge in [0, 0.05) is 21.5 Å². The Hall–Kier alpha value is -3.13. The molecule has 0 atom stereocenters. The Morgan fingerprint density at radius 1 is 1.30 bits per heavy atom. The molecule has 2 aromatic carbocycles. The molecule has 0 saturated carbocycles. The highest BCUT2D eigenvalue weighted by atomic mass is 127. The molecule has 0 saturated heterocycles. The topological polar surface area (TPSA) is 117 Å². The van der Waals surface area contributed by atoms with Gasteiger partial charge in [-0.3, -0.25) is 14.9 Å². The summed E-state index contributed by atoms with van der Waals surface area (Å²) in [5.41, 5.74) is 1.63. The van der Waals surface area contributed by atoms with E-state index in [4.69, 9.17) is 4.74 Å². The molecule has 0 heterocycles. The number of aryl methyl sites for hydroxylation is 1. The maximum atomic E-state index is 12.4. The number of non-ortho nitro benzene ring substituents is 1. The van der Waals surface area contributed by atoms with Crippen molar-refractivity contribution >= 4 is 45.6 Å². The fourth-order valence-corrected chi connectivity index (χ4v) is 2.82. The molecule has 0 radical (unpaired) electrons. The van der Waals surface area contributed by atoms with Crippen LogP contribution in [-0.4, -0.2) is 17.9 Å². The molecule has 0 aliphatic carbocycles. The van der Waals surface area contributed by atoms with E-state index in [0.717, 1.165) is 14.8 Å². The highest BCUT2D eigenvalue weighted by Gasteiger charge is 2.15. The third kappa shape index (κ3) is 5.18. The van der Waals surface area contributed by atoms with Gasteiger partial charge in [0.1, 0.15) is 17.4 Å². The van der Waals surface area contributed by atoms with Crippen molar-refractivity contribution in [3.63, 3.8) is 0 Å². The van der Waals surface area contributed by atoms with Crippen LogP contribution in [-0.2, 0) is 4.79 Å². The summed E-state index contributed by atoms with van der Waals surface area (Å²) in [4.78, 5) is 22.6. The van der Waals surface area contributed by atoms with E-state index >= 15 is 0 Å². The van der Waals surface area contributed by atoms with Crippen molar-refractivity contribution < 1.29 is 14.5 Å². The SMILES string of the molecule is COc1cc([N+](=O)[O-])ccc1NC(=O)/C(C#N)=C\Nc1ccc(I)cc1C. The molecule has 9 heteroatoms. The number of halogens is 1. The zero-order chi connectivity index (χ0) is 20.0. The number of nitrogens with zero attached hydrogens (tertiary/aromatic N) is 2. The number of nitrogens with one attached hydrogen (secondary N) is 2. The van der Waals surface area contributed by atoms with Gasteiger partial charge in [0.2, 0.25) is 0 Å². The quantitative estimate of drug-likeness (QED) is 0.213. The van der Waals surface area contributed by atoms with Crippen LogP contribution in [0.5, 0.6) is 5.75 Å². The molecule has 8 nitrogen and oxygen atoms in total. The molecule has 1 amide bonds. The zero-order valence-electron chi connectivity index (χ0n) is 14.4. The van der Waals surface area contributed by atoms with Gasteiger partial charge in [-0.15, -0.1) is 0 Å². The Labute approximate surface area is 169 Å². The number of carbonyl (C=O) groups excluding carboxylic acids is 1. The summed E-state index contributed by atoms with van der Waals surface area (Å²) in [5.74, 6) is -0.545. The van der Waals surface area contributed by atoms with Crippen LogP contribution in [0.1, 0.15) is 5.56 Å². The molecular weight excluding hydrogens is 463 g/mol. The third-order valence-electron chi connectivity index (χ3n) is 3.57. The standard InChI is InChI=1S/C18H15IN4O4/c1-11-7-13(19)3-5-15(11)21-10-12(9-20)18(24)22-16-6-4-14(23(25)26)8-17(16)27-2/h3-8,10,21H,1-2H3,(H,22,24)/b12-10-. The number of carbonyl (C=O) groups is 1. The predicted octanol–water partition coefficient (Wildman–Crippen LogP) is 3.97. The van der Waals surface area contributed by atoms with E-state index in [1.807, 2.05) is 31.2 Å². The van der Waals surface area contributed by atoms with Crippen molar-refractivity contribution in [2.75, 3.05) is 17.7 Å². The molecule has 138 valence electrons. The number of hydrogen-bond acceptors (Lipinski definition) is 6.